The van der Waals surface area contributed by atoms with Crippen molar-refractivity contribution in [1.29, 1.82) is 5.26 Å². The summed E-state index contributed by atoms with van der Waals surface area (Å²) >= 11 is 2.89. The Morgan fingerprint density at radius 3 is 1.10 bits per heavy atom. The van der Waals surface area contributed by atoms with Crippen LogP contribution < -0.4 is 53.6 Å². The summed E-state index contributed by atoms with van der Waals surface area (Å²) in [5.41, 5.74) is 1.49. The van der Waals surface area contributed by atoms with E-state index >= 15 is 0 Å². The molecule has 46 heteroatoms. The topological polar surface area (TPSA) is 602 Å². The molecule has 3 aliphatic rings. The van der Waals surface area contributed by atoms with Crippen molar-refractivity contribution in [2.75, 3.05) is 101 Å². The summed E-state index contributed by atoms with van der Waals surface area (Å²) in [5, 5.41) is 40.2. The van der Waals surface area contributed by atoms with E-state index in [-0.39, 0.29) is 106 Å². The largest absolute Gasteiger partial charge is 0.469 e. The van der Waals surface area contributed by atoms with Crippen LogP contribution in [0.15, 0.2) is 12.2 Å². The minimum atomic E-state index is -1.11. The Morgan fingerprint density at radius 2 is 0.791 bits per heavy atom. The lowest BCUT2D eigenvalue weighted by Crippen LogP contribution is -2.46. The maximum atomic E-state index is 11.9. The van der Waals surface area contributed by atoms with Crippen LogP contribution in [0.4, 0.5) is 28.8 Å². The van der Waals surface area contributed by atoms with Crippen molar-refractivity contribution < 1.29 is 153 Å². The van der Waals surface area contributed by atoms with Gasteiger partial charge in [0, 0.05) is 49.9 Å². The molecule has 0 saturated carbocycles. The van der Waals surface area contributed by atoms with E-state index in [4.69, 9.17) is 50.7 Å². The first-order chi connectivity index (χ1) is 59.1. The van der Waals surface area contributed by atoms with Crippen molar-refractivity contribution in [2.45, 2.75) is 272 Å². The molecular weight excluding hydrogens is 1790 g/mol. The van der Waals surface area contributed by atoms with Crippen LogP contribution in [-0.2, 0) is 119 Å². The fraction of sp³-hybridized carbons (Fsp3) is 0.747. The normalized spacial score (nSPS) is 16.1. The third-order valence-corrected chi connectivity index (χ3v) is 16.3. The number of carbonyl (C=O) groups excluding carboxylic acids is 17. The molecule has 3 heterocycles. The number of esters is 8. The first-order valence-electron chi connectivity index (χ1n) is 40.9. The minimum absolute atomic E-state index is 0. The van der Waals surface area contributed by atoms with E-state index in [1.165, 1.54) is 54.8 Å². The van der Waals surface area contributed by atoms with Gasteiger partial charge in [-0.05, 0) is 202 Å². The lowest BCUT2D eigenvalue weighted by molar-refractivity contribution is -0.149. The molecule has 12 N–H and O–H groups in total. The van der Waals surface area contributed by atoms with E-state index in [0.29, 0.717) is 57.1 Å². The lowest BCUT2D eigenvalue weighted by Gasteiger charge is -2.24. The monoisotopic (exact) mass is 1930 g/mol. The second kappa shape index (κ2) is 65.7. The van der Waals surface area contributed by atoms with E-state index in [0.717, 1.165) is 13.5 Å². The van der Waals surface area contributed by atoms with Crippen molar-refractivity contribution >= 4 is 130 Å². The van der Waals surface area contributed by atoms with Gasteiger partial charge in [0.05, 0.1) is 92.4 Å². The van der Waals surface area contributed by atoms with Crippen molar-refractivity contribution in [3.8, 4) is 6.07 Å². The van der Waals surface area contributed by atoms with Gasteiger partial charge < -0.3 is 130 Å². The van der Waals surface area contributed by atoms with Gasteiger partial charge >= 0.3 is 84.3 Å². The van der Waals surface area contributed by atoms with Gasteiger partial charge in [0.15, 0.2) is 0 Å². The molecule has 0 spiro atoms. The van der Waals surface area contributed by atoms with Gasteiger partial charge in [0.25, 0.3) is 0 Å². The third-order valence-electron chi connectivity index (χ3n) is 16.1. The van der Waals surface area contributed by atoms with Crippen LogP contribution in [-0.4, -0.2) is 278 Å². The van der Waals surface area contributed by atoms with Gasteiger partial charge in [0.1, 0.15) is 63.7 Å². The maximum Gasteiger partial charge on any atom is 0.408 e. The highest BCUT2D eigenvalue weighted by Gasteiger charge is 2.38. The highest BCUT2D eigenvalue weighted by atomic mass is 79.9. The minimum Gasteiger partial charge on any atom is -0.469 e. The van der Waals surface area contributed by atoms with Crippen LogP contribution in [0.1, 0.15) is 202 Å². The molecule has 0 aromatic carbocycles. The zero-order valence-electron chi connectivity index (χ0n) is 79.3. The molecule has 3 aliphatic heterocycles. The summed E-state index contributed by atoms with van der Waals surface area (Å²) in [6.07, 6.45) is 2.07. The number of nitrogens with one attached hydrogen (secondary N) is 9. The molecule has 11 atom stereocenters. The number of halogens is 2. The van der Waals surface area contributed by atoms with Crippen LogP contribution in [0.5, 0.6) is 0 Å². The fourth-order valence-corrected chi connectivity index (χ4v) is 10.6. The third kappa shape index (κ3) is 66.3. The predicted octanol–water partition coefficient (Wildman–Crippen LogP) is 6.57. The first kappa shape index (κ1) is 127. The fourth-order valence-electron chi connectivity index (χ4n) is 10.6. The van der Waals surface area contributed by atoms with E-state index in [1.807, 2.05) is 6.07 Å². The first-order valence-corrected chi connectivity index (χ1v) is 42.0. The molecule has 44 nitrogen and oxygen atoms in total. The molecule has 0 radical (unpaired) electrons. The van der Waals surface area contributed by atoms with E-state index in [2.05, 4.69) is 102 Å². The molecular formula is C83H142BrClN12O32. The number of alkyl halides is 1. The van der Waals surface area contributed by atoms with Crippen LogP contribution in [0.25, 0.3) is 4.85 Å². The number of nitriles is 1. The number of hydrogen-bond donors (Lipinski definition) is 11. The van der Waals surface area contributed by atoms with Gasteiger partial charge in [-0.3, -0.25) is 28.8 Å². The quantitative estimate of drug-likeness (QED) is 0.0111. The van der Waals surface area contributed by atoms with Gasteiger partial charge in [-0.15, -0.1) is 12.4 Å². The zero-order chi connectivity index (χ0) is 99.7. The van der Waals surface area contributed by atoms with E-state index in [1.54, 1.807) is 132 Å². The van der Waals surface area contributed by atoms with E-state index in [9.17, 15) is 86.6 Å². The van der Waals surface area contributed by atoms with Crippen LogP contribution in [0, 0.1) is 47.5 Å². The molecule has 0 aliphatic carbocycles. The summed E-state index contributed by atoms with van der Waals surface area (Å²) < 4.78 is 67.6. The summed E-state index contributed by atoms with van der Waals surface area (Å²) in [5.74, 6) is -6.97. The Bertz CT molecular complexity index is 3630. The summed E-state index contributed by atoms with van der Waals surface area (Å²) in [6.45, 7) is 41.6. The predicted molar refractivity (Wildman–Crippen MR) is 470 cm³/mol. The van der Waals surface area contributed by atoms with Crippen molar-refractivity contribution in [3.63, 3.8) is 0 Å². The molecule has 0 aromatic heterocycles. The van der Waals surface area contributed by atoms with Crippen LogP contribution >= 0.6 is 28.3 Å². The highest BCUT2D eigenvalue weighted by Crippen LogP contribution is 2.23. The second-order valence-corrected chi connectivity index (χ2v) is 34.6. The van der Waals surface area contributed by atoms with Gasteiger partial charge in [-0.2, -0.15) is 5.26 Å². The molecule has 129 heavy (non-hydrogen) atoms. The number of nitrogens with zero attached hydrogens (tertiary/aromatic N) is 2. The number of ether oxygens (including phenoxy) is 14. The SMILES string of the molecule is CC(C)(C)OC(=O)N[C@H](CO)C[C@@H]1CCNC1=O.CCOC(=O)/C=C\[C@H](C[C@@H]1CCNC1=O)NC(=O)OC(C)(C)C.COC(=O)CC[C@H](NC(=O)OC(C)(C)C)C(=O)OC.COC(=O)[C@@H](CCN)C[C@H](NC(=O)OC(C)(C)C)C(=O)OC.COC(=O)[C@H](C[C@@H]1CCNC1=O)NC(=O)OC(C)(C)C.Cl.N#CCBr.[C-]#[N+]C[C@@H](C[C@H](NC(=O)OC(C)(C)C)C(=O)OC)C(=O)OC. The number of aliphatic hydroxyl groups excluding tert-OH is 1. The standard InChI is InChI=1S/C16H26N2O5.C14H22N2O6.C14H26N2O6.C13H22N2O5.C12H22N2O4.C12H21NO6.C2H2BrN.ClH/c1-5-22-13(19)7-6-12(10-11-8-9-17-14(11)20)18-15(21)23-16(2,3)4;1-14(2,3)22-13(19)16-10(12(18)21-6)7-9(8-15-4)11(17)20-5;1-14(2,3)22-13(19)16-10(12(18)21-5)8-9(6-7-15)11(17)20-4;1-13(2,3)20-12(18)15-9(11(17)19-4)7-8-5-6-14-10(8)16;1-12(2,3)18-11(17)14-9(7-15)6-8-4-5-13-10(8)16;1-12(2,3)19-11(16)13-8(10(15)18-5)6-7-9(14)17-4;3-1-2-4;/h6-7,11-12H,5,8-10H2,1-4H3,(H,17,20)(H,18,21);9-10H,7-8H2,1-3,5-6H3,(H,16,19);9-10H,6-8,15H2,1-5H3,(H,16,19);8-9H,5-7H2,1-4H3,(H,14,16)(H,15,18);8-9,15H,4-7H2,1-3H3,(H,13,16)(H,14,17);8H,6-7H2,1-5H3,(H,13,16);1H2;1H/b7-6-;;;;;;;/t11-,12+;9-,10+;9-,10-;2*8-,9-;8-;;/m010000../s1. The number of aliphatic hydroxyl groups is 1. The molecule has 3 fully saturated rings. The van der Waals surface area contributed by atoms with Gasteiger partial charge in [-0.1, -0.05) is 22.0 Å². The highest BCUT2D eigenvalue weighted by molar-refractivity contribution is 9.09. The van der Waals surface area contributed by atoms with Crippen molar-refractivity contribution in [2.24, 2.45) is 35.3 Å². The van der Waals surface area contributed by atoms with E-state index < -0.39 is 166 Å². The number of methoxy groups -OCH3 is 7. The smallest absolute Gasteiger partial charge is 0.408 e. The number of rotatable bonds is 32. The van der Waals surface area contributed by atoms with Gasteiger partial charge in [-0.25, -0.2) is 59.3 Å². The average Bonchev–Trinajstić information content (AvgIpc) is 1.86. The average molecular weight is 1940 g/mol. The van der Waals surface area contributed by atoms with Crippen molar-refractivity contribution in [3.05, 3.63) is 23.6 Å². The Morgan fingerprint density at radius 1 is 0.481 bits per heavy atom. The molecule has 0 aromatic rings. The molecule has 0 bridgehead atoms. The summed E-state index contributed by atoms with van der Waals surface area (Å²) in [6, 6.07) is -3.04. The zero-order valence-corrected chi connectivity index (χ0v) is 81.7. The Balaban J connectivity index is -0.000000472. The molecule has 3 rings (SSSR count). The second-order valence-electron chi connectivity index (χ2n) is 34.1. The lowest BCUT2D eigenvalue weighted by atomic mass is 9.96. The van der Waals surface area contributed by atoms with Crippen molar-refractivity contribution in [1.82, 2.24) is 47.9 Å². The Labute approximate surface area is 770 Å². The maximum absolute atomic E-state index is 11.9. The molecule has 3 saturated heterocycles. The Kier molecular flexibility index (Phi) is 64.5. The molecule has 9 amide bonds. The number of nitrogens with two attached hydrogens (primary N) is 1. The number of amides is 9. The number of hydrogen-bond acceptors (Lipinski definition) is 34. The summed E-state index contributed by atoms with van der Waals surface area (Å²) in [4.78, 5) is 200. The molecule has 0 unspecified atom stereocenters. The summed E-state index contributed by atoms with van der Waals surface area (Å²) in [7, 11) is 8.48. The van der Waals surface area contributed by atoms with Crippen LogP contribution in [0.2, 0.25) is 0 Å². The van der Waals surface area contributed by atoms with Gasteiger partial charge in [0.2, 0.25) is 24.3 Å². The Hall–Kier alpha value is -10.8. The van der Waals surface area contributed by atoms with Crippen LogP contribution in [0.3, 0.4) is 0 Å². The number of carbonyl (C=O) groups is 17. The number of alkyl carbamates (subject to hydrolysis) is 6. The molecule has 740 valence electrons.